The highest BCUT2D eigenvalue weighted by molar-refractivity contribution is 5.78. The normalized spacial score (nSPS) is 17.5. The summed E-state index contributed by atoms with van der Waals surface area (Å²) in [7, 11) is 3.85. The van der Waals surface area contributed by atoms with Crippen molar-refractivity contribution in [3.05, 3.63) is 82.7 Å². The number of hydrogen-bond acceptors (Lipinski definition) is 16. The average Bonchev–Trinajstić information content (AvgIpc) is 3.85. The molecule has 10 rings (SSSR count). The number of nitrogens with one attached hydrogen (secondary N) is 2. The van der Waals surface area contributed by atoms with Crippen LogP contribution in [0, 0.1) is 25.5 Å². The standard InChI is InChI=1S/C25H33FN8O2.C22H28FN7O2/c1-18-24(29-21-6-4-5-20(26)19(21)16-32-7-11-35-12-8-32)34-25(28-18)22(27-17-31(2)3)15-23(30-34)33-9-13-36-14-10-33;1-15-21(26-19-4-2-3-17(23)16(19)14-28-5-9-31-10-6-28)30-22(25-15)18(24)13-20(27-30)29-7-11-32-12-8-29/h4-6,15,17,29H,7-14,16H2,1-3H3;2-4,13,26H,5-12,14,24H2,1H3. The highest BCUT2D eigenvalue weighted by Gasteiger charge is 2.24. The first-order valence-corrected chi connectivity index (χ1v) is 23.2. The number of rotatable bonds is 12. The summed E-state index contributed by atoms with van der Waals surface area (Å²) in [6, 6.07) is 14.0. The van der Waals surface area contributed by atoms with Crippen LogP contribution in [0.25, 0.3) is 11.3 Å². The van der Waals surface area contributed by atoms with Gasteiger partial charge < -0.3 is 50.0 Å². The number of aromatic nitrogens is 6. The lowest BCUT2D eigenvalue weighted by Gasteiger charge is -2.28. The van der Waals surface area contributed by atoms with Crippen LogP contribution in [0.3, 0.4) is 0 Å². The molecule has 6 aromatic rings. The van der Waals surface area contributed by atoms with E-state index in [4.69, 9.17) is 39.9 Å². The maximum absolute atomic E-state index is 15.0. The van der Waals surface area contributed by atoms with Crippen LogP contribution in [0.5, 0.6) is 0 Å². The average molecular weight is 938 g/mol. The third-order valence-corrected chi connectivity index (χ3v) is 12.3. The minimum Gasteiger partial charge on any atom is -0.396 e. The molecule has 0 spiro atoms. The van der Waals surface area contributed by atoms with Gasteiger partial charge in [-0.2, -0.15) is 9.03 Å². The first-order valence-electron chi connectivity index (χ1n) is 23.2. The Balaban J connectivity index is 0.000000171. The molecule has 21 heteroatoms. The zero-order chi connectivity index (χ0) is 47.1. The number of nitrogen functional groups attached to an aromatic ring is 1. The molecular weight excluding hydrogens is 877 g/mol. The highest BCUT2D eigenvalue weighted by Crippen LogP contribution is 2.33. The maximum atomic E-state index is 15.0. The van der Waals surface area contributed by atoms with Crippen molar-refractivity contribution >= 4 is 63.7 Å². The predicted octanol–water partition coefficient (Wildman–Crippen LogP) is 4.98. The quantitative estimate of drug-likeness (QED) is 0.111. The molecular formula is C47H61F2N15O4. The van der Waals surface area contributed by atoms with Crippen molar-refractivity contribution in [2.45, 2.75) is 26.9 Å². The zero-order valence-electron chi connectivity index (χ0n) is 39.3. The van der Waals surface area contributed by atoms with Crippen molar-refractivity contribution in [1.82, 2.24) is 43.9 Å². The summed E-state index contributed by atoms with van der Waals surface area (Å²) in [6.07, 6.45) is 1.75. The van der Waals surface area contributed by atoms with E-state index in [0.717, 1.165) is 75.4 Å². The molecule has 68 heavy (non-hydrogen) atoms. The van der Waals surface area contributed by atoms with Gasteiger partial charge in [0, 0.05) is 114 Å². The third-order valence-electron chi connectivity index (χ3n) is 12.3. The van der Waals surface area contributed by atoms with Gasteiger partial charge in [-0.05, 0) is 38.1 Å². The number of morpholine rings is 4. The lowest BCUT2D eigenvalue weighted by atomic mass is 10.1. The van der Waals surface area contributed by atoms with Crippen LogP contribution in [0.1, 0.15) is 22.5 Å². The first kappa shape index (κ1) is 46.9. The van der Waals surface area contributed by atoms with Gasteiger partial charge >= 0.3 is 0 Å². The SMILES string of the molecule is Cc1nc2c(N)cc(N3CCOCC3)nn2c1Nc1cccc(F)c1CN1CCOCC1.Cc1nc2c(N=CN(C)C)cc(N3CCOCC3)nn2c1Nc1cccc(F)c1CN1CCOCC1. The van der Waals surface area contributed by atoms with Gasteiger partial charge in [-0.1, -0.05) is 12.1 Å². The molecule has 0 atom stereocenters. The van der Waals surface area contributed by atoms with Crippen LogP contribution in [0.15, 0.2) is 53.5 Å². The summed E-state index contributed by atoms with van der Waals surface area (Å²) in [4.78, 5) is 24.7. The van der Waals surface area contributed by atoms with Gasteiger partial charge in [0.05, 0.1) is 76.3 Å². The van der Waals surface area contributed by atoms with Gasteiger partial charge in [0.2, 0.25) is 0 Å². The van der Waals surface area contributed by atoms with E-state index in [0.29, 0.717) is 123 Å². The first-order chi connectivity index (χ1) is 33.1. The van der Waals surface area contributed by atoms with Crippen molar-refractivity contribution < 1.29 is 27.7 Å². The Hall–Kier alpha value is -6.23. The predicted molar refractivity (Wildman–Crippen MR) is 259 cm³/mol. The van der Waals surface area contributed by atoms with Crippen LogP contribution in [-0.2, 0) is 32.0 Å². The monoisotopic (exact) mass is 937 g/mol. The molecule has 0 bridgehead atoms. The number of imidazole rings is 2. The number of anilines is 7. The van der Waals surface area contributed by atoms with E-state index in [1.165, 1.54) is 12.1 Å². The Morgan fingerprint density at radius 1 is 0.632 bits per heavy atom. The fraction of sp³-hybridized carbons (Fsp3) is 0.468. The topological polar surface area (TPSA) is 176 Å². The van der Waals surface area contributed by atoms with E-state index in [9.17, 15) is 4.39 Å². The number of halogens is 2. The Morgan fingerprint density at radius 2 is 1.06 bits per heavy atom. The second-order valence-corrected chi connectivity index (χ2v) is 17.4. The van der Waals surface area contributed by atoms with Crippen molar-refractivity contribution in [2.75, 3.05) is 145 Å². The number of aliphatic imine (C=N–C) groups is 1. The van der Waals surface area contributed by atoms with Gasteiger partial charge in [0.1, 0.15) is 17.3 Å². The molecule has 8 heterocycles. The molecule has 0 saturated carbocycles. The minimum absolute atomic E-state index is 0.240. The fourth-order valence-corrected chi connectivity index (χ4v) is 8.58. The Kier molecular flexibility index (Phi) is 14.7. The van der Waals surface area contributed by atoms with Crippen molar-refractivity contribution in [3.8, 4) is 0 Å². The number of nitrogens with two attached hydrogens (primary N) is 1. The molecule has 0 radical (unpaired) electrons. The van der Waals surface area contributed by atoms with E-state index in [1.54, 1.807) is 27.5 Å². The third kappa shape index (κ3) is 10.7. The number of ether oxygens (including phenoxy) is 4. The van der Waals surface area contributed by atoms with Gasteiger partial charge in [0.15, 0.2) is 34.6 Å². The van der Waals surface area contributed by atoms with Gasteiger partial charge in [-0.25, -0.2) is 23.7 Å². The van der Waals surface area contributed by atoms with Crippen molar-refractivity contribution in [2.24, 2.45) is 4.99 Å². The van der Waals surface area contributed by atoms with Crippen LogP contribution >= 0.6 is 0 Å². The van der Waals surface area contributed by atoms with E-state index in [1.807, 2.05) is 57.1 Å². The molecule has 362 valence electrons. The van der Waals surface area contributed by atoms with E-state index in [2.05, 4.69) is 40.2 Å². The number of fused-ring (bicyclic) bond motifs is 2. The van der Waals surface area contributed by atoms with E-state index < -0.39 is 0 Å². The number of aryl methyl sites for hydroxylation is 2. The summed E-state index contributed by atoms with van der Waals surface area (Å²) >= 11 is 0. The number of nitrogens with zero attached hydrogens (tertiary/aromatic N) is 12. The van der Waals surface area contributed by atoms with Crippen molar-refractivity contribution in [1.29, 1.82) is 0 Å². The van der Waals surface area contributed by atoms with Crippen LogP contribution < -0.4 is 26.2 Å². The summed E-state index contributed by atoms with van der Waals surface area (Å²) in [5, 5.41) is 16.6. The number of hydrogen-bond donors (Lipinski definition) is 3. The van der Waals surface area contributed by atoms with E-state index >= 15 is 4.39 Å². The molecule has 4 aromatic heterocycles. The van der Waals surface area contributed by atoms with Crippen LogP contribution in [0.4, 0.5) is 54.8 Å². The molecule has 4 aliphatic rings. The molecule has 19 nitrogen and oxygen atoms in total. The molecule has 4 saturated heterocycles. The molecule has 0 amide bonds. The highest BCUT2D eigenvalue weighted by atomic mass is 19.1. The molecule has 2 aromatic carbocycles. The van der Waals surface area contributed by atoms with Gasteiger partial charge in [-0.3, -0.25) is 9.80 Å². The zero-order valence-corrected chi connectivity index (χ0v) is 39.3. The summed E-state index contributed by atoms with van der Waals surface area (Å²) in [5.74, 6) is 2.45. The molecule has 4 fully saturated rings. The second-order valence-electron chi connectivity index (χ2n) is 17.4. The molecule has 4 N–H and O–H groups in total. The number of benzene rings is 2. The summed E-state index contributed by atoms with van der Waals surface area (Å²) in [6.45, 7) is 16.2. The molecule has 0 unspecified atom stereocenters. The smallest absolute Gasteiger partial charge is 0.182 e. The summed E-state index contributed by atoms with van der Waals surface area (Å²) < 4.78 is 55.2. The largest absolute Gasteiger partial charge is 0.396 e. The minimum atomic E-state index is -0.241. The maximum Gasteiger partial charge on any atom is 0.182 e. The van der Waals surface area contributed by atoms with Gasteiger partial charge in [0.25, 0.3) is 0 Å². The Bertz CT molecular complexity index is 2710. The summed E-state index contributed by atoms with van der Waals surface area (Å²) in [5.41, 5.74) is 12.9. The Labute approximate surface area is 394 Å². The van der Waals surface area contributed by atoms with E-state index in [-0.39, 0.29) is 11.6 Å². The Morgan fingerprint density at radius 3 is 1.53 bits per heavy atom. The fourth-order valence-electron chi connectivity index (χ4n) is 8.58. The lowest BCUT2D eigenvalue weighted by Crippen LogP contribution is -2.37. The van der Waals surface area contributed by atoms with Crippen molar-refractivity contribution in [3.63, 3.8) is 0 Å². The van der Waals surface area contributed by atoms with Gasteiger partial charge in [-0.15, -0.1) is 10.2 Å². The second kappa shape index (κ2) is 21.4. The van der Waals surface area contributed by atoms with Crippen LogP contribution in [-0.4, -0.2) is 170 Å². The lowest BCUT2D eigenvalue weighted by molar-refractivity contribution is 0.0337. The molecule has 4 aliphatic heterocycles. The molecule has 0 aliphatic carbocycles. The van der Waals surface area contributed by atoms with Crippen LogP contribution in [0.2, 0.25) is 0 Å².